The van der Waals surface area contributed by atoms with Crippen LogP contribution in [0.4, 0.5) is 5.69 Å². The number of rotatable bonds is 5. The van der Waals surface area contributed by atoms with E-state index in [1.807, 2.05) is 20.9 Å². The van der Waals surface area contributed by atoms with Crippen molar-refractivity contribution in [3.63, 3.8) is 0 Å². The minimum Gasteiger partial charge on any atom is -0.452 e. The van der Waals surface area contributed by atoms with Crippen LogP contribution >= 0.6 is 23.2 Å². The zero-order valence-electron chi connectivity index (χ0n) is 14.0. The Kier molecular flexibility index (Phi) is 6.22. The fourth-order valence-corrected chi connectivity index (χ4v) is 2.60. The Morgan fingerprint density at radius 1 is 1.32 bits per heavy atom. The highest BCUT2D eigenvalue weighted by atomic mass is 35.5. The molecule has 1 heterocycles. The molecule has 0 atom stereocenters. The van der Waals surface area contributed by atoms with Crippen LogP contribution in [0.5, 0.6) is 0 Å². The number of carbonyl (C=O) groups excluding carboxylic acids is 2. The van der Waals surface area contributed by atoms with E-state index in [2.05, 4.69) is 10.4 Å². The molecule has 25 heavy (non-hydrogen) atoms. The van der Waals surface area contributed by atoms with E-state index in [0.717, 1.165) is 17.0 Å². The maximum atomic E-state index is 11.8. The van der Waals surface area contributed by atoms with E-state index in [4.69, 9.17) is 27.9 Å². The highest BCUT2D eigenvalue weighted by Gasteiger charge is 2.10. The lowest BCUT2D eigenvalue weighted by Gasteiger charge is -2.07. The molecule has 0 aliphatic rings. The van der Waals surface area contributed by atoms with Gasteiger partial charge in [-0.2, -0.15) is 5.10 Å². The topological polar surface area (TPSA) is 73.2 Å². The third-order valence-electron chi connectivity index (χ3n) is 3.50. The quantitative estimate of drug-likeness (QED) is 0.634. The fraction of sp³-hybridized carbons (Fsp3) is 0.235. The van der Waals surface area contributed by atoms with E-state index in [0.29, 0.717) is 15.7 Å². The van der Waals surface area contributed by atoms with Crippen LogP contribution in [0, 0.1) is 13.8 Å². The maximum absolute atomic E-state index is 11.8. The number of nitrogens with one attached hydrogen (secondary N) is 1. The van der Waals surface area contributed by atoms with E-state index in [9.17, 15) is 9.59 Å². The van der Waals surface area contributed by atoms with Gasteiger partial charge in [-0.25, -0.2) is 4.79 Å². The first-order valence-electron chi connectivity index (χ1n) is 7.38. The first-order chi connectivity index (χ1) is 11.8. The zero-order valence-corrected chi connectivity index (χ0v) is 15.5. The lowest BCUT2D eigenvalue weighted by Crippen LogP contribution is -2.20. The summed E-state index contributed by atoms with van der Waals surface area (Å²) in [4.78, 5) is 23.6. The van der Waals surface area contributed by atoms with Crippen LogP contribution in [0.1, 0.15) is 17.0 Å². The van der Waals surface area contributed by atoms with E-state index in [1.54, 1.807) is 22.9 Å². The molecule has 0 saturated heterocycles. The highest BCUT2D eigenvalue weighted by molar-refractivity contribution is 6.36. The molecule has 1 aromatic heterocycles. The molecule has 0 aliphatic heterocycles. The number of anilines is 1. The van der Waals surface area contributed by atoms with Crippen molar-refractivity contribution in [3.05, 3.63) is 51.3 Å². The molecule has 2 rings (SSSR count). The van der Waals surface area contributed by atoms with Crippen LogP contribution in [0.3, 0.4) is 0 Å². The number of amides is 1. The van der Waals surface area contributed by atoms with Gasteiger partial charge in [-0.3, -0.25) is 9.48 Å². The number of ether oxygens (including phenoxy) is 1. The second-order valence-corrected chi connectivity index (χ2v) is 6.17. The van der Waals surface area contributed by atoms with Crippen molar-refractivity contribution in [1.82, 2.24) is 9.78 Å². The Hall–Kier alpha value is -2.31. The summed E-state index contributed by atoms with van der Waals surface area (Å²) in [6.07, 6.45) is 2.88. The normalized spacial score (nSPS) is 10.9. The Labute approximate surface area is 155 Å². The number of nitrogens with zero attached hydrogens (tertiary/aromatic N) is 2. The van der Waals surface area contributed by atoms with Gasteiger partial charge >= 0.3 is 5.97 Å². The van der Waals surface area contributed by atoms with Crippen molar-refractivity contribution in [2.45, 2.75) is 13.8 Å². The first kappa shape index (κ1) is 19.0. The number of hydrogen-bond donors (Lipinski definition) is 1. The molecule has 0 saturated carbocycles. The van der Waals surface area contributed by atoms with Crippen molar-refractivity contribution in [1.29, 1.82) is 0 Å². The van der Waals surface area contributed by atoms with E-state index in [1.165, 1.54) is 12.1 Å². The second-order valence-electron chi connectivity index (χ2n) is 5.32. The van der Waals surface area contributed by atoms with Gasteiger partial charge in [0.05, 0.1) is 16.4 Å². The number of aromatic nitrogens is 2. The molecule has 1 amide bonds. The molecule has 8 heteroatoms. The van der Waals surface area contributed by atoms with Gasteiger partial charge < -0.3 is 10.1 Å². The van der Waals surface area contributed by atoms with Crippen LogP contribution in [0.2, 0.25) is 10.0 Å². The van der Waals surface area contributed by atoms with Gasteiger partial charge in [0, 0.05) is 29.4 Å². The summed E-state index contributed by atoms with van der Waals surface area (Å²) in [6, 6.07) is 4.67. The predicted molar refractivity (Wildman–Crippen MR) is 97.8 cm³/mol. The molecular weight excluding hydrogens is 365 g/mol. The fourth-order valence-electron chi connectivity index (χ4n) is 2.14. The first-order valence-corrected chi connectivity index (χ1v) is 8.13. The minimum atomic E-state index is -0.625. The lowest BCUT2D eigenvalue weighted by atomic mass is 10.2. The average Bonchev–Trinajstić information content (AvgIpc) is 2.79. The van der Waals surface area contributed by atoms with E-state index >= 15 is 0 Å². The molecule has 0 aliphatic carbocycles. The van der Waals surface area contributed by atoms with Gasteiger partial charge in [-0.05, 0) is 38.1 Å². The molecule has 0 radical (unpaired) electrons. The van der Waals surface area contributed by atoms with Crippen molar-refractivity contribution >= 4 is 46.8 Å². The summed E-state index contributed by atoms with van der Waals surface area (Å²) in [5.41, 5.74) is 2.97. The standard InChI is InChI=1S/C17H17Cl2N3O3/c1-10-13(11(2)22(3)21-10)5-7-17(24)25-9-16(23)20-15-6-4-12(18)8-14(15)19/h4-8H,9H2,1-3H3,(H,20,23)/b7-5+. The molecule has 132 valence electrons. The van der Waals surface area contributed by atoms with Crippen LogP contribution in [0.25, 0.3) is 6.08 Å². The molecule has 0 unspecified atom stereocenters. The molecule has 1 aromatic carbocycles. The average molecular weight is 382 g/mol. The Morgan fingerprint density at radius 2 is 2.04 bits per heavy atom. The van der Waals surface area contributed by atoms with Crippen molar-refractivity contribution in [2.24, 2.45) is 7.05 Å². The summed E-state index contributed by atoms with van der Waals surface area (Å²) in [5.74, 6) is -1.13. The van der Waals surface area contributed by atoms with Gasteiger partial charge in [-0.15, -0.1) is 0 Å². The van der Waals surface area contributed by atoms with Crippen molar-refractivity contribution in [3.8, 4) is 0 Å². The summed E-state index contributed by atoms with van der Waals surface area (Å²) in [6.45, 7) is 3.32. The Balaban J connectivity index is 1.89. The Morgan fingerprint density at radius 3 is 2.64 bits per heavy atom. The van der Waals surface area contributed by atoms with Crippen LogP contribution in [0.15, 0.2) is 24.3 Å². The molecule has 0 spiro atoms. The zero-order chi connectivity index (χ0) is 18.6. The van der Waals surface area contributed by atoms with Crippen molar-refractivity contribution in [2.75, 3.05) is 11.9 Å². The predicted octanol–water partition coefficient (Wildman–Crippen LogP) is 3.54. The highest BCUT2D eigenvalue weighted by Crippen LogP contribution is 2.25. The van der Waals surface area contributed by atoms with Crippen molar-refractivity contribution < 1.29 is 14.3 Å². The summed E-state index contributed by atoms with van der Waals surface area (Å²) < 4.78 is 6.64. The van der Waals surface area contributed by atoms with Crippen LogP contribution in [-0.2, 0) is 21.4 Å². The maximum Gasteiger partial charge on any atom is 0.331 e. The SMILES string of the molecule is Cc1nn(C)c(C)c1/C=C/C(=O)OCC(=O)Nc1ccc(Cl)cc1Cl. The van der Waals surface area contributed by atoms with Gasteiger partial charge in [0.15, 0.2) is 6.61 Å². The van der Waals surface area contributed by atoms with E-state index in [-0.39, 0.29) is 0 Å². The van der Waals surface area contributed by atoms with Gasteiger partial charge in [0.1, 0.15) is 0 Å². The molecule has 2 aromatic rings. The molecule has 0 fully saturated rings. The van der Waals surface area contributed by atoms with Crippen LogP contribution < -0.4 is 5.32 Å². The van der Waals surface area contributed by atoms with Crippen LogP contribution in [-0.4, -0.2) is 28.3 Å². The monoisotopic (exact) mass is 381 g/mol. The largest absolute Gasteiger partial charge is 0.452 e. The number of benzene rings is 1. The third-order valence-corrected chi connectivity index (χ3v) is 4.05. The van der Waals surface area contributed by atoms with Gasteiger partial charge in [-0.1, -0.05) is 23.2 Å². The Bertz CT molecular complexity index is 844. The van der Waals surface area contributed by atoms with Gasteiger partial charge in [0.2, 0.25) is 0 Å². The number of halogens is 2. The summed E-state index contributed by atoms with van der Waals surface area (Å²) in [5, 5.41) is 7.55. The molecule has 6 nitrogen and oxygen atoms in total. The third kappa shape index (κ3) is 5.08. The summed E-state index contributed by atoms with van der Waals surface area (Å²) >= 11 is 11.7. The number of aryl methyl sites for hydroxylation is 2. The number of hydrogen-bond acceptors (Lipinski definition) is 4. The lowest BCUT2D eigenvalue weighted by molar-refractivity contribution is -0.142. The minimum absolute atomic E-state index is 0.301. The smallest absolute Gasteiger partial charge is 0.331 e. The van der Waals surface area contributed by atoms with E-state index < -0.39 is 18.5 Å². The molecule has 1 N–H and O–H groups in total. The number of esters is 1. The molecular formula is C17H17Cl2N3O3. The number of carbonyl (C=O) groups is 2. The van der Waals surface area contributed by atoms with Gasteiger partial charge in [0.25, 0.3) is 5.91 Å². The molecule has 0 bridgehead atoms. The second kappa shape index (κ2) is 8.18. The summed E-state index contributed by atoms with van der Waals surface area (Å²) in [7, 11) is 1.82.